The second kappa shape index (κ2) is 52.9. The van der Waals surface area contributed by atoms with Crippen LogP contribution in [0.5, 0.6) is 0 Å². The Balaban J connectivity index is 2.28. The number of nitrogens with one attached hydrogen (secondary N) is 1. The smallest absolute Gasteiger partial charge is 0.394 e. The lowest BCUT2D eigenvalue weighted by Gasteiger charge is -2.41. The molecule has 6 N–H and O–H groups in total. The van der Waals surface area contributed by atoms with Crippen molar-refractivity contribution in [2.24, 2.45) is 0 Å². The van der Waals surface area contributed by atoms with E-state index in [1.54, 1.807) is 6.08 Å². The molecule has 0 spiro atoms. The van der Waals surface area contributed by atoms with Crippen molar-refractivity contribution in [2.45, 2.75) is 358 Å². The Morgan fingerprint density at radius 2 is 0.842 bits per heavy atom. The number of carbonyl (C=O) groups is 1. The number of hydrogen-bond acceptors (Lipinski definition) is 10. The average molecular weight is 1100 g/mol. The topological polar surface area (TPSA) is 192 Å². The first-order valence-electron chi connectivity index (χ1n) is 32.2. The number of unbranched alkanes of at least 4 members (excludes halogenated alkanes) is 43. The molecular weight excluding hydrogens is 979 g/mol. The molecule has 1 aliphatic heterocycles. The Morgan fingerprint density at radius 3 is 1.18 bits per heavy atom. The molecule has 0 aromatic heterocycles. The zero-order valence-corrected chi connectivity index (χ0v) is 49.9. The summed E-state index contributed by atoms with van der Waals surface area (Å²) in [5, 5.41) is 45.1. The minimum absolute atomic E-state index is 0.257. The van der Waals surface area contributed by atoms with Crippen molar-refractivity contribution in [2.75, 3.05) is 13.2 Å². The highest BCUT2D eigenvalue weighted by Crippen LogP contribution is 2.26. The molecule has 1 saturated heterocycles. The maximum Gasteiger partial charge on any atom is 0.397 e. The van der Waals surface area contributed by atoms with Crippen molar-refractivity contribution in [1.82, 2.24) is 5.32 Å². The molecule has 7 atom stereocenters. The van der Waals surface area contributed by atoms with Gasteiger partial charge in [-0.15, -0.1) is 0 Å². The molecule has 0 bridgehead atoms. The minimum atomic E-state index is -5.09. The highest BCUT2D eigenvalue weighted by molar-refractivity contribution is 7.80. The first-order chi connectivity index (χ1) is 37.0. The van der Waals surface area contributed by atoms with E-state index < -0.39 is 59.9 Å². The van der Waals surface area contributed by atoms with Gasteiger partial charge in [-0.25, -0.2) is 4.18 Å². The fourth-order valence-corrected chi connectivity index (χ4v) is 11.0. The molecule has 0 saturated carbocycles. The van der Waals surface area contributed by atoms with Gasteiger partial charge in [-0.05, 0) is 44.9 Å². The summed E-state index contributed by atoms with van der Waals surface area (Å²) in [7, 11) is -5.09. The Hall–Kier alpha value is -1.42. The van der Waals surface area contributed by atoms with Crippen LogP contribution in [0.25, 0.3) is 0 Å². The van der Waals surface area contributed by atoms with Gasteiger partial charge in [-0.1, -0.05) is 289 Å². The number of hydrogen-bond donors (Lipinski definition) is 6. The van der Waals surface area contributed by atoms with Crippen LogP contribution in [0.1, 0.15) is 316 Å². The second-order valence-corrected chi connectivity index (χ2v) is 23.8. The van der Waals surface area contributed by atoms with Gasteiger partial charge in [0.25, 0.3) is 0 Å². The summed E-state index contributed by atoms with van der Waals surface area (Å²) >= 11 is 0. The molecule has 450 valence electrons. The molecule has 1 aliphatic rings. The van der Waals surface area contributed by atoms with E-state index in [0.717, 1.165) is 38.5 Å². The number of aliphatic hydroxyl groups excluding tert-OH is 4. The maximum absolute atomic E-state index is 13.2. The van der Waals surface area contributed by atoms with Crippen molar-refractivity contribution < 1.29 is 51.8 Å². The lowest BCUT2D eigenvalue weighted by Crippen LogP contribution is -2.61. The lowest BCUT2D eigenvalue weighted by molar-refractivity contribution is -0.298. The van der Waals surface area contributed by atoms with Gasteiger partial charge in [-0.2, -0.15) is 8.42 Å². The molecule has 0 aromatic rings. The second-order valence-electron chi connectivity index (χ2n) is 22.7. The van der Waals surface area contributed by atoms with Crippen LogP contribution in [0.4, 0.5) is 0 Å². The summed E-state index contributed by atoms with van der Waals surface area (Å²) in [4.78, 5) is 13.2. The van der Waals surface area contributed by atoms with E-state index >= 15 is 0 Å². The molecule has 1 heterocycles. The third-order valence-electron chi connectivity index (χ3n) is 15.5. The fourth-order valence-electron chi connectivity index (χ4n) is 10.5. The number of amides is 1. The van der Waals surface area contributed by atoms with E-state index in [4.69, 9.17) is 9.47 Å². The van der Waals surface area contributed by atoms with Crippen LogP contribution in [0, 0.1) is 0 Å². The predicted molar refractivity (Wildman–Crippen MR) is 315 cm³/mol. The monoisotopic (exact) mass is 1100 g/mol. The van der Waals surface area contributed by atoms with Crippen molar-refractivity contribution in [3.8, 4) is 0 Å². The van der Waals surface area contributed by atoms with E-state index in [1.165, 1.54) is 250 Å². The van der Waals surface area contributed by atoms with Gasteiger partial charge in [0.1, 0.15) is 24.4 Å². The van der Waals surface area contributed by atoms with Crippen molar-refractivity contribution in [1.29, 1.82) is 0 Å². The van der Waals surface area contributed by atoms with Crippen LogP contribution < -0.4 is 5.32 Å². The SMILES string of the molecule is CCCCCCCCCCCCCC/C=C\CCCCCCCCCCCCCCCCC(=O)NC(COC1OC(CO)C(O)C(OS(=O)(=O)O)C1O)C(O)/C=C/CCCCCCCCCCCCCCCCCCC. The van der Waals surface area contributed by atoms with Gasteiger partial charge in [-0.3, -0.25) is 9.35 Å². The first-order valence-corrected chi connectivity index (χ1v) is 33.6. The third kappa shape index (κ3) is 44.3. The highest BCUT2D eigenvalue weighted by atomic mass is 32.3. The van der Waals surface area contributed by atoms with Crippen LogP contribution >= 0.6 is 0 Å². The van der Waals surface area contributed by atoms with E-state index in [9.17, 15) is 38.2 Å². The van der Waals surface area contributed by atoms with Crippen LogP contribution in [0.2, 0.25) is 0 Å². The van der Waals surface area contributed by atoms with Crippen molar-refractivity contribution >= 4 is 16.3 Å². The van der Waals surface area contributed by atoms with Gasteiger partial charge in [0.05, 0.1) is 25.4 Å². The molecule has 7 unspecified atom stereocenters. The molecule has 1 rings (SSSR count). The largest absolute Gasteiger partial charge is 0.397 e. The third-order valence-corrected chi connectivity index (χ3v) is 15.9. The van der Waals surface area contributed by atoms with Crippen LogP contribution in [-0.4, -0.2) is 95.4 Å². The van der Waals surface area contributed by atoms with E-state index in [1.807, 2.05) is 6.08 Å². The summed E-state index contributed by atoms with van der Waals surface area (Å²) in [5.74, 6) is -0.257. The Bertz CT molecular complexity index is 1430. The van der Waals surface area contributed by atoms with Crippen LogP contribution in [-0.2, 0) is 28.9 Å². The molecule has 0 aromatic carbocycles. The average Bonchev–Trinajstić information content (AvgIpc) is 3.40. The predicted octanol–water partition coefficient (Wildman–Crippen LogP) is 16.0. The standard InChI is InChI=1S/C63H121NO11S/c1-3-5-7-9-11-13-15-17-19-21-23-24-25-26-27-28-29-30-31-32-33-35-37-39-41-43-45-47-49-51-53-59(67)64-56(55-73-63-61(69)62(75-76(70,71)72)60(68)58(54-65)74-63)57(66)52-50-48-46-44-42-40-38-36-34-22-20-18-16-14-12-10-8-6-4-2/h26-27,50,52,56-58,60-63,65-66,68-69H,3-25,28-49,51,53-55H2,1-2H3,(H,64,67)(H,70,71,72)/b27-26-,52-50+. The molecule has 0 aliphatic carbocycles. The number of allylic oxidation sites excluding steroid dienone is 3. The van der Waals surface area contributed by atoms with Gasteiger partial charge in [0.2, 0.25) is 5.91 Å². The highest BCUT2D eigenvalue weighted by Gasteiger charge is 2.48. The van der Waals surface area contributed by atoms with Crippen LogP contribution in [0.3, 0.4) is 0 Å². The summed E-state index contributed by atoms with van der Waals surface area (Å²) in [6.45, 7) is 3.45. The van der Waals surface area contributed by atoms with Gasteiger partial charge in [0, 0.05) is 6.42 Å². The van der Waals surface area contributed by atoms with Crippen molar-refractivity contribution in [3.05, 3.63) is 24.3 Å². The number of ether oxygens (including phenoxy) is 2. The number of carbonyl (C=O) groups excluding carboxylic acids is 1. The summed E-state index contributed by atoms with van der Waals surface area (Å²) in [6, 6.07) is -0.943. The van der Waals surface area contributed by atoms with Crippen LogP contribution in [0.15, 0.2) is 24.3 Å². The molecule has 1 fully saturated rings. The van der Waals surface area contributed by atoms with E-state index in [2.05, 4.69) is 35.5 Å². The van der Waals surface area contributed by atoms with Gasteiger partial charge in [0.15, 0.2) is 6.29 Å². The molecule has 12 nitrogen and oxygen atoms in total. The maximum atomic E-state index is 13.2. The van der Waals surface area contributed by atoms with Gasteiger partial charge >= 0.3 is 10.4 Å². The molecule has 76 heavy (non-hydrogen) atoms. The number of rotatable bonds is 57. The Kier molecular flexibility index (Phi) is 50.6. The normalized spacial score (nSPS) is 19.1. The van der Waals surface area contributed by atoms with Crippen molar-refractivity contribution in [3.63, 3.8) is 0 Å². The zero-order valence-electron chi connectivity index (χ0n) is 49.1. The van der Waals surface area contributed by atoms with E-state index in [0.29, 0.717) is 6.42 Å². The lowest BCUT2D eigenvalue weighted by atomic mass is 9.99. The molecule has 13 heteroatoms. The first kappa shape index (κ1) is 72.6. The Morgan fingerprint density at radius 1 is 0.513 bits per heavy atom. The molecule has 0 radical (unpaired) electrons. The van der Waals surface area contributed by atoms with E-state index in [-0.39, 0.29) is 18.9 Å². The minimum Gasteiger partial charge on any atom is -0.394 e. The summed E-state index contributed by atoms with van der Waals surface area (Å²) in [5.41, 5.74) is 0. The molecule has 1 amide bonds. The summed E-state index contributed by atoms with van der Waals surface area (Å²) < 4.78 is 47.9. The summed E-state index contributed by atoms with van der Waals surface area (Å²) in [6.07, 6.45) is 58.1. The molecular formula is C63H121NO11S. The number of aliphatic hydroxyl groups is 4. The quantitative estimate of drug-likeness (QED) is 0.0193. The Labute approximate surface area is 467 Å². The zero-order chi connectivity index (χ0) is 55.4. The van der Waals surface area contributed by atoms with Gasteiger partial charge < -0.3 is 35.2 Å². The fraction of sp³-hybridized carbons (Fsp3) is 0.921.